The average molecular weight is 469 g/mol. The number of piperazine rings is 1. The van der Waals surface area contributed by atoms with Crippen LogP contribution in [-0.2, 0) is 17.8 Å². The summed E-state index contributed by atoms with van der Waals surface area (Å²) in [6, 6.07) is 12.2. The molecule has 1 aliphatic rings. The molecule has 0 radical (unpaired) electrons. The largest absolute Gasteiger partial charge is 0.340 e. The van der Waals surface area contributed by atoms with Crippen molar-refractivity contribution in [1.29, 1.82) is 0 Å². The zero-order valence-corrected chi connectivity index (χ0v) is 19.4. The fourth-order valence-corrected chi connectivity index (χ4v) is 4.28. The van der Waals surface area contributed by atoms with E-state index >= 15 is 0 Å². The van der Waals surface area contributed by atoms with Gasteiger partial charge in [0.1, 0.15) is 5.82 Å². The number of hydrogen-bond donors (Lipinski definition) is 0. The molecule has 172 valence electrons. The highest BCUT2D eigenvalue weighted by atomic mass is 35.5. The number of carbonyl (C=O) groups excluding carboxylic acids is 1. The Morgan fingerprint density at radius 3 is 2.73 bits per heavy atom. The molecule has 0 bridgehead atoms. The Labute approximate surface area is 197 Å². The lowest BCUT2D eigenvalue weighted by Crippen LogP contribution is -2.53. The number of aryl methyl sites for hydroxylation is 1. The van der Waals surface area contributed by atoms with Crippen molar-refractivity contribution in [2.24, 2.45) is 0 Å². The molecule has 4 rings (SSSR count). The minimum Gasteiger partial charge on any atom is -0.340 e. The van der Waals surface area contributed by atoms with Crippen molar-refractivity contribution in [2.75, 3.05) is 19.6 Å². The van der Waals surface area contributed by atoms with Gasteiger partial charge in [-0.3, -0.25) is 9.69 Å². The van der Waals surface area contributed by atoms with Gasteiger partial charge in [-0.15, -0.1) is 0 Å². The van der Waals surface area contributed by atoms with E-state index in [1.54, 1.807) is 31.2 Å². The summed E-state index contributed by atoms with van der Waals surface area (Å²) in [6.45, 7) is 6.71. The summed E-state index contributed by atoms with van der Waals surface area (Å²) in [5, 5.41) is 4.56. The lowest BCUT2D eigenvalue weighted by Gasteiger charge is -2.39. The van der Waals surface area contributed by atoms with Crippen LogP contribution < -0.4 is 0 Å². The molecule has 0 spiro atoms. The Kier molecular flexibility index (Phi) is 7.20. The van der Waals surface area contributed by atoms with Crippen LogP contribution in [0.4, 0.5) is 4.39 Å². The van der Waals surface area contributed by atoms with Gasteiger partial charge in [0.2, 0.25) is 11.8 Å². The number of amides is 1. The topological polar surface area (TPSA) is 62.5 Å². The predicted octanol–water partition coefficient (Wildman–Crippen LogP) is 4.51. The highest BCUT2D eigenvalue weighted by molar-refractivity contribution is 6.30. The van der Waals surface area contributed by atoms with Gasteiger partial charge in [0, 0.05) is 56.7 Å². The van der Waals surface area contributed by atoms with Crippen molar-refractivity contribution in [1.82, 2.24) is 19.9 Å². The number of aromatic nitrogens is 2. The number of nitrogens with zero attached hydrogens (tertiary/aromatic N) is 4. The van der Waals surface area contributed by atoms with Crippen LogP contribution >= 0.6 is 11.6 Å². The lowest BCUT2D eigenvalue weighted by molar-refractivity contribution is -0.130. The average Bonchev–Trinajstić information content (AvgIpc) is 3.19. The van der Waals surface area contributed by atoms with Crippen molar-refractivity contribution in [2.45, 2.75) is 32.9 Å². The lowest BCUT2D eigenvalue weighted by atomic mass is 10.0. The number of halogens is 2. The van der Waals surface area contributed by atoms with Crippen LogP contribution in [0, 0.1) is 12.7 Å². The zero-order valence-electron chi connectivity index (χ0n) is 18.7. The first-order valence-corrected chi connectivity index (χ1v) is 11.3. The molecule has 1 aliphatic heterocycles. The summed E-state index contributed by atoms with van der Waals surface area (Å²) in [4.78, 5) is 21.4. The maximum absolute atomic E-state index is 13.1. The Hall–Kier alpha value is -3.03. The van der Waals surface area contributed by atoms with E-state index in [0.717, 1.165) is 36.3 Å². The summed E-state index contributed by atoms with van der Waals surface area (Å²) in [5.74, 6) is 0.819. The molecular weight excluding hydrogens is 443 g/mol. The van der Waals surface area contributed by atoms with Crippen LogP contribution in [0.15, 0.2) is 53.1 Å². The summed E-state index contributed by atoms with van der Waals surface area (Å²) < 4.78 is 18.2. The van der Waals surface area contributed by atoms with E-state index in [1.165, 1.54) is 12.1 Å². The minimum atomic E-state index is -0.231. The molecule has 0 unspecified atom stereocenters. The second kappa shape index (κ2) is 10.3. The van der Waals surface area contributed by atoms with Gasteiger partial charge in [-0.2, -0.15) is 4.98 Å². The Bertz CT molecular complexity index is 1150. The molecule has 1 saturated heterocycles. The molecule has 0 N–H and O–H groups in total. The third-order valence-electron chi connectivity index (χ3n) is 5.74. The molecule has 0 aliphatic carbocycles. The highest BCUT2D eigenvalue weighted by Gasteiger charge is 2.26. The first-order valence-electron chi connectivity index (χ1n) is 10.9. The molecule has 1 amide bonds. The van der Waals surface area contributed by atoms with Gasteiger partial charge in [-0.25, -0.2) is 4.39 Å². The van der Waals surface area contributed by atoms with Gasteiger partial charge < -0.3 is 9.42 Å². The van der Waals surface area contributed by atoms with Gasteiger partial charge in [-0.05, 0) is 54.0 Å². The fourth-order valence-electron chi connectivity index (χ4n) is 4.08. The van der Waals surface area contributed by atoms with Gasteiger partial charge in [0.15, 0.2) is 5.82 Å². The van der Waals surface area contributed by atoms with E-state index in [4.69, 9.17) is 16.1 Å². The third kappa shape index (κ3) is 6.06. The number of rotatable bonds is 6. The Morgan fingerprint density at radius 1 is 1.24 bits per heavy atom. The number of hydrogen-bond acceptors (Lipinski definition) is 5. The number of carbonyl (C=O) groups is 1. The second-order valence-electron chi connectivity index (χ2n) is 8.33. The van der Waals surface area contributed by atoms with Crippen LogP contribution in [0.3, 0.4) is 0 Å². The smallest absolute Gasteiger partial charge is 0.246 e. The van der Waals surface area contributed by atoms with Crippen LogP contribution in [0.5, 0.6) is 0 Å². The standard InChI is InChI=1S/C25H26ClFN4O2/c1-17-15-30(16-19-3-8-23(27)9-4-19)11-12-31(17)25(32)10-6-20-5-7-22(26)13-21(20)14-24-28-18(2)33-29-24/h3-10,13,17H,11-12,14-16H2,1-2H3/b10-6+/t17-/m1/s1. The first kappa shape index (κ1) is 23.1. The monoisotopic (exact) mass is 468 g/mol. The molecule has 6 nitrogen and oxygen atoms in total. The Balaban J connectivity index is 1.39. The molecule has 2 heterocycles. The minimum absolute atomic E-state index is 0.0276. The fraction of sp³-hybridized carbons (Fsp3) is 0.320. The van der Waals surface area contributed by atoms with Crippen LogP contribution in [0.1, 0.15) is 35.3 Å². The van der Waals surface area contributed by atoms with E-state index in [2.05, 4.69) is 22.0 Å². The quantitative estimate of drug-likeness (QED) is 0.498. The molecule has 2 aromatic carbocycles. The van der Waals surface area contributed by atoms with E-state index in [1.807, 2.05) is 23.1 Å². The molecule has 1 fully saturated rings. The van der Waals surface area contributed by atoms with E-state index < -0.39 is 0 Å². The normalized spacial score (nSPS) is 17.1. The number of benzene rings is 2. The maximum atomic E-state index is 13.1. The molecule has 1 aromatic heterocycles. The van der Waals surface area contributed by atoms with E-state index in [-0.39, 0.29) is 17.8 Å². The third-order valence-corrected chi connectivity index (χ3v) is 5.98. The van der Waals surface area contributed by atoms with Crippen molar-refractivity contribution in [3.8, 4) is 0 Å². The molecular formula is C25H26ClFN4O2. The predicted molar refractivity (Wildman–Crippen MR) is 125 cm³/mol. The van der Waals surface area contributed by atoms with Gasteiger partial charge >= 0.3 is 0 Å². The maximum Gasteiger partial charge on any atom is 0.246 e. The van der Waals surface area contributed by atoms with Gasteiger partial charge in [-0.1, -0.05) is 35.0 Å². The van der Waals surface area contributed by atoms with Crippen LogP contribution in [0.25, 0.3) is 6.08 Å². The molecule has 3 aromatic rings. The highest BCUT2D eigenvalue weighted by Crippen LogP contribution is 2.21. The van der Waals surface area contributed by atoms with Gasteiger partial charge in [0.05, 0.1) is 0 Å². The SMILES string of the molecule is Cc1nc(Cc2cc(Cl)ccc2/C=C/C(=O)N2CCN(Cc3ccc(F)cc3)C[C@H]2C)no1. The second-order valence-corrected chi connectivity index (χ2v) is 8.76. The summed E-state index contributed by atoms with van der Waals surface area (Å²) in [6.07, 6.45) is 3.89. The van der Waals surface area contributed by atoms with E-state index in [9.17, 15) is 9.18 Å². The summed E-state index contributed by atoms with van der Waals surface area (Å²) in [7, 11) is 0. The van der Waals surface area contributed by atoms with Crippen LogP contribution in [0.2, 0.25) is 5.02 Å². The van der Waals surface area contributed by atoms with E-state index in [0.29, 0.717) is 29.7 Å². The zero-order chi connectivity index (χ0) is 23.4. The first-order chi connectivity index (χ1) is 15.9. The molecule has 1 atom stereocenters. The van der Waals surface area contributed by atoms with Crippen molar-refractivity contribution in [3.05, 3.63) is 87.8 Å². The Morgan fingerprint density at radius 2 is 2.03 bits per heavy atom. The van der Waals surface area contributed by atoms with Crippen molar-refractivity contribution in [3.63, 3.8) is 0 Å². The molecule has 33 heavy (non-hydrogen) atoms. The summed E-state index contributed by atoms with van der Waals surface area (Å²) in [5.41, 5.74) is 2.87. The van der Waals surface area contributed by atoms with Crippen LogP contribution in [-0.4, -0.2) is 51.5 Å². The van der Waals surface area contributed by atoms with Crippen molar-refractivity contribution >= 4 is 23.6 Å². The summed E-state index contributed by atoms with van der Waals surface area (Å²) >= 11 is 6.18. The van der Waals surface area contributed by atoms with Gasteiger partial charge in [0.25, 0.3) is 0 Å². The molecule has 0 saturated carbocycles. The molecule has 8 heteroatoms. The van der Waals surface area contributed by atoms with Crippen molar-refractivity contribution < 1.29 is 13.7 Å².